The van der Waals surface area contributed by atoms with Crippen molar-refractivity contribution in [3.8, 4) is 56.3 Å². The first kappa shape index (κ1) is 35.4. The summed E-state index contributed by atoms with van der Waals surface area (Å²) >= 11 is 0. The van der Waals surface area contributed by atoms with Crippen LogP contribution in [0.4, 0.5) is 0 Å². The molecule has 8 aromatic carbocycles. The summed E-state index contributed by atoms with van der Waals surface area (Å²) in [7, 11) is 0. The number of pyridine rings is 1. The number of phenols is 1. The number of benzene rings is 8. The molecule has 11 rings (SSSR count). The summed E-state index contributed by atoms with van der Waals surface area (Å²) in [6, 6.07) is 64.8. The van der Waals surface area contributed by atoms with Crippen molar-refractivity contribution in [3.05, 3.63) is 205 Å². The maximum Gasteiger partial charge on any atom is 0.161 e. The molecule has 286 valence electrons. The predicted molar refractivity (Wildman–Crippen MR) is 246 cm³/mol. The number of fused-ring (bicyclic) bond motifs is 6. The van der Waals surface area contributed by atoms with Crippen molar-refractivity contribution in [3.63, 3.8) is 0 Å². The monoisotopic (exact) mass is 773 g/mol. The highest BCUT2D eigenvalue weighted by molar-refractivity contribution is 6.20. The number of aromatic nitrogens is 3. The Bertz CT molecular complexity index is 3420. The fourth-order valence-corrected chi connectivity index (χ4v) is 8.93. The van der Waals surface area contributed by atoms with Crippen LogP contribution < -0.4 is 0 Å². The first-order valence-corrected chi connectivity index (χ1v) is 20.3. The maximum absolute atomic E-state index is 11.4. The Morgan fingerprint density at radius 3 is 2.08 bits per heavy atom. The molecule has 0 atom stereocenters. The van der Waals surface area contributed by atoms with Gasteiger partial charge in [0, 0.05) is 39.1 Å². The molecule has 0 spiro atoms. The Balaban J connectivity index is 1.19. The number of aromatic hydroxyl groups is 1. The zero-order chi connectivity index (χ0) is 40.4. The van der Waals surface area contributed by atoms with Crippen molar-refractivity contribution < 1.29 is 9.52 Å². The van der Waals surface area contributed by atoms with E-state index in [0.29, 0.717) is 11.4 Å². The number of hydrogen-bond donors (Lipinski definition) is 1. The van der Waals surface area contributed by atoms with Crippen LogP contribution in [0, 0.1) is 0 Å². The van der Waals surface area contributed by atoms with Crippen LogP contribution in [-0.2, 0) is 5.41 Å². The van der Waals surface area contributed by atoms with E-state index in [1.807, 2.05) is 30.5 Å². The summed E-state index contributed by atoms with van der Waals surface area (Å²) in [5, 5.41) is 15.8. The second kappa shape index (κ2) is 14.0. The van der Waals surface area contributed by atoms with Crippen molar-refractivity contribution in [2.45, 2.75) is 19.3 Å². The number of imidazole rings is 1. The number of furan rings is 1. The number of rotatable bonds is 7. The molecule has 3 aromatic heterocycles. The molecule has 0 saturated heterocycles. The van der Waals surface area contributed by atoms with E-state index in [4.69, 9.17) is 14.4 Å². The molecule has 0 radical (unpaired) electrons. The predicted octanol–water partition coefficient (Wildman–Crippen LogP) is 14.2. The van der Waals surface area contributed by atoms with Gasteiger partial charge in [-0.15, -0.1) is 0 Å². The van der Waals surface area contributed by atoms with Crippen LogP contribution in [0.2, 0.25) is 0 Å². The van der Waals surface area contributed by atoms with Crippen LogP contribution in [0.5, 0.6) is 5.75 Å². The van der Waals surface area contributed by atoms with Gasteiger partial charge < -0.3 is 9.52 Å². The quantitative estimate of drug-likeness (QED) is 0.175. The van der Waals surface area contributed by atoms with Crippen molar-refractivity contribution in [2.24, 2.45) is 0 Å². The average molecular weight is 774 g/mol. The van der Waals surface area contributed by atoms with Crippen molar-refractivity contribution in [1.82, 2.24) is 14.5 Å². The molecule has 0 aliphatic rings. The van der Waals surface area contributed by atoms with E-state index >= 15 is 0 Å². The molecule has 0 saturated carbocycles. The molecule has 0 aliphatic carbocycles. The second-order valence-electron chi connectivity index (χ2n) is 15.9. The van der Waals surface area contributed by atoms with Crippen LogP contribution in [-0.4, -0.2) is 19.6 Å². The lowest BCUT2D eigenvalue weighted by molar-refractivity contribution is 0.477. The molecule has 1 N–H and O–H groups in total. The van der Waals surface area contributed by atoms with Gasteiger partial charge in [-0.25, -0.2) is 4.98 Å². The van der Waals surface area contributed by atoms with Gasteiger partial charge in [-0.1, -0.05) is 153 Å². The van der Waals surface area contributed by atoms with Gasteiger partial charge in [-0.3, -0.25) is 9.55 Å². The van der Waals surface area contributed by atoms with Gasteiger partial charge in [0.2, 0.25) is 0 Å². The Kier molecular flexibility index (Phi) is 8.24. The van der Waals surface area contributed by atoms with E-state index in [-0.39, 0.29) is 11.2 Å². The van der Waals surface area contributed by atoms with Crippen LogP contribution in [0.1, 0.15) is 25.0 Å². The molecule has 5 nitrogen and oxygen atoms in total. The van der Waals surface area contributed by atoms with Gasteiger partial charge in [-0.2, -0.15) is 0 Å². The fraction of sp³-hybridized carbons (Fsp3) is 0.0545. The van der Waals surface area contributed by atoms with Crippen molar-refractivity contribution >= 4 is 43.7 Å². The average Bonchev–Trinajstić information content (AvgIpc) is 3.89. The molecule has 5 heteroatoms. The maximum atomic E-state index is 11.4. The number of para-hydroxylation sites is 3. The van der Waals surface area contributed by atoms with Crippen LogP contribution >= 0.6 is 0 Å². The standard InChI is InChI=1S/C55H39N3O2/c1-55(2,39-19-7-4-8-20-39)40-33-37(32-38(34-40)51-53-45(30-31-56-51)50-42-22-10-9-18-36(42)28-29-49(50)60-53)43-24-15-26-47-52(43)57-54(44-23-12-14-27-48(44)59)58(47)46-25-13-11-21-41(46)35-16-5-3-6-17-35/h3-34,59H,1-2H3. The first-order valence-electron chi connectivity index (χ1n) is 20.3. The Morgan fingerprint density at radius 1 is 0.550 bits per heavy atom. The second-order valence-corrected chi connectivity index (χ2v) is 15.9. The Labute approximate surface area is 347 Å². The molecule has 11 aromatic rings. The third kappa shape index (κ3) is 5.70. The van der Waals surface area contributed by atoms with Gasteiger partial charge in [0.15, 0.2) is 5.58 Å². The van der Waals surface area contributed by atoms with Crippen molar-refractivity contribution in [1.29, 1.82) is 0 Å². The zero-order valence-electron chi connectivity index (χ0n) is 33.2. The minimum Gasteiger partial charge on any atom is -0.507 e. The summed E-state index contributed by atoms with van der Waals surface area (Å²) < 4.78 is 8.94. The third-order valence-electron chi connectivity index (χ3n) is 12.1. The summed E-state index contributed by atoms with van der Waals surface area (Å²) in [5.74, 6) is 0.820. The number of hydrogen-bond acceptors (Lipinski definition) is 4. The normalized spacial score (nSPS) is 11.9. The molecule has 0 aliphatic heterocycles. The van der Waals surface area contributed by atoms with Crippen LogP contribution in [0.15, 0.2) is 199 Å². The molecule has 3 heterocycles. The lowest BCUT2D eigenvalue weighted by Crippen LogP contribution is -2.19. The van der Waals surface area contributed by atoms with E-state index < -0.39 is 0 Å². The number of phenolic OH excluding ortho intramolecular Hbond substituents is 1. The van der Waals surface area contributed by atoms with E-state index in [1.54, 1.807) is 6.07 Å². The molecule has 60 heavy (non-hydrogen) atoms. The highest BCUT2D eigenvalue weighted by Crippen LogP contribution is 2.44. The van der Waals surface area contributed by atoms with E-state index in [0.717, 1.165) is 83.1 Å². The molecular formula is C55H39N3O2. The minimum absolute atomic E-state index is 0.166. The SMILES string of the molecule is CC(C)(c1ccccc1)c1cc(-c2cccc3c2nc(-c2ccccc2O)n3-c2ccccc2-c2ccccc2)cc(-c2nccc3c2oc2ccc4ccccc4c23)c1. The summed E-state index contributed by atoms with van der Waals surface area (Å²) in [6.45, 7) is 4.55. The molecular weight excluding hydrogens is 735 g/mol. The molecule has 0 unspecified atom stereocenters. The molecule has 0 fully saturated rings. The van der Waals surface area contributed by atoms with E-state index in [9.17, 15) is 5.11 Å². The molecule has 0 bridgehead atoms. The highest BCUT2D eigenvalue weighted by atomic mass is 16.3. The van der Waals surface area contributed by atoms with Crippen molar-refractivity contribution in [2.75, 3.05) is 0 Å². The smallest absolute Gasteiger partial charge is 0.161 e. The zero-order valence-corrected chi connectivity index (χ0v) is 33.2. The van der Waals surface area contributed by atoms with Gasteiger partial charge in [0.1, 0.15) is 22.9 Å². The summed E-state index contributed by atoms with van der Waals surface area (Å²) in [4.78, 5) is 10.5. The third-order valence-corrected chi connectivity index (χ3v) is 12.1. The van der Waals surface area contributed by atoms with Gasteiger partial charge in [0.05, 0.1) is 22.3 Å². The fourth-order valence-electron chi connectivity index (χ4n) is 8.93. The van der Waals surface area contributed by atoms with Crippen LogP contribution in [0.25, 0.3) is 94.3 Å². The van der Waals surface area contributed by atoms with E-state index in [1.165, 1.54) is 10.9 Å². The lowest BCUT2D eigenvalue weighted by atomic mass is 9.76. The van der Waals surface area contributed by atoms with Crippen LogP contribution in [0.3, 0.4) is 0 Å². The summed E-state index contributed by atoms with van der Waals surface area (Å²) in [5.41, 5.74) is 12.8. The number of nitrogens with zero attached hydrogens (tertiary/aromatic N) is 3. The highest BCUT2D eigenvalue weighted by Gasteiger charge is 2.27. The largest absolute Gasteiger partial charge is 0.507 e. The Hall–Kier alpha value is -7.76. The minimum atomic E-state index is -0.368. The van der Waals surface area contributed by atoms with Gasteiger partial charge in [-0.05, 0) is 81.6 Å². The summed E-state index contributed by atoms with van der Waals surface area (Å²) in [6.07, 6.45) is 1.90. The first-order chi connectivity index (χ1) is 29.4. The lowest BCUT2D eigenvalue weighted by Gasteiger charge is -2.27. The Morgan fingerprint density at radius 2 is 1.25 bits per heavy atom. The van der Waals surface area contributed by atoms with E-state index in [2.05, 4.69) is 176 Å². The topological polar surface area (TPSA) is 64.1 Å². The van der Waals surface area contributed by atoms with Gasteiger partial charge >= 0.3 is 0 Å². The molecule has 0 amide bonds. The van der Waals surface area contributed by atoms with Gasteiger partial charge in [0.25, 0.3) is 0 Å².